The molecule has 2 aromatic heterocycles. The smallest absolute Gasteiger partial charge is 0.264 e. The predicted octanol–water partition coefficient (Wildman–Crippen LogP) is 3.98. The molecule has 1 amide bonds. The number of ether oxygens (including phenoxy) is 4. The molecule has 32 heavy (non-hydrogen) atoms. The molecule has 1 aliphatic rings. The Morgan fingerprint density at radius 1 is 1.12 bits per heavy atom. The van der Waals surface area contributed by atoms with Crippen LogP contribution in [0, 0.1) is 6.92 Å². The van der Waals surface area contributed by atoms with Crippen molar-refractivity contribution in [2.75, 3.05) is 28.4 Å². The summed E-state index contributed by atoms with van der Waals surface area (Å²) in [5.41, 5.74) is 1.74. The zero-order valence-electron chi connectivity index (χ0n) is 18.9. The molecule has 0 spiro atoms. The Kier molecular flexibility index (Phi) is 6.48. The van der Waals surface area contributed by atoms with Gasteiger partial charge < -0.3 is 23.8 Å². The molecule has 1 saturated carbocycles. The molecule has 0 radical (unpaired) electrons. The maximum Gasteiger partial charge on any atom is 0.264 e. The number of nitrogens with zero attached hydrogens (tertiary/aromatic N) is 3. The molecule has 8 nitrogen and oxygen atoms in total. The molecule has 3 aromatic rings. The molecule has 0 unspecified atom stereocenters. The quantitative estimate of drug-likeness (QED) is 0.481. The van der Waals surface area contributed by atoms with Gasteiger partial charge in [0.1, 0.15) is 22.9 Å². The van der Waals surface area contributed by atoms with Crippen LogP contribution in [0.25, 0.3) is 10.2 Å². The first-order valence-electron chi connectivity index (χ1n) is 10.4. The number of fused-ring (bicyclic) bond motifs is 1. The summed E-state index contributed by atoms with van der Waals surface area (Å²) >= 11 is 1.37. The molecule has 0 aliphatic heterocycles. The highest BCUT2D eigenvalue weighted by molar-refractivity contribution is 7.20. The lowest BCUT2D eigenvalue weighted by molar-refractivity contribution is 0.0733. The number of carbonyl (C=O) groups excluding carboxylic acids is 1. The van der Waals surface area contributed by atoms with E-state index in [0.717, 1.165) is 45.7 Å². The normalized spacial score (nSPS) is 13.3. The van der Waals surface area contributed by atoms with Crippen LogP contribution < -0.4 is 14.2 Å². The van der Waals surface area contributed by atoms with Crippen molar-refractivity contribution in [3.63, 3.8) is 0 Å². The van der Waals surface area contributed by atoms with E-state index in [4.69, 9.17) is 18.9 Å². The van der Waals surface area contributed by atoms with E-state index in [0.29, 0.717) is 23.1 Å². The largest absolute Gasteiger partial charge is 0.497 e. The van der Waals surface area contributed by atoms with Crippen molar-refractivity contribution in [3.05, 3.63) is 40.0 Å². The van der Waals surface area contributed by atoms with Crippen LogP contribution >= 0.6 is 11.3 Å². The van der Waals surface area contributed by atoms with Gasteiger partial charge >= 0.3 is 0 Å². The van der Waals surface area contributed by atoms with Crippen LogP contribution in [0.1, 0.15) is 39.5 Å². The predicted molar refractivity (Wildman–Crippen MR) is 122 cm³/mol. The third kappa shape index (κ3) is 4.22. The third-order valence-electron chi connectivity index (χ3n) is 5.54. The van der Waals surface area contributed by atoms with Crippen molar-refractivity contribution in [3.8, 4) is 17.4 Å². The van der Waals surface area contributed by atoms with Crippen molar-refractivity contribution in [2.45, 2.75) is 39.0 Å². The van der Waals surface area contributed by atoms with E-state index in [-0.39, 0.29) is 18.6 Å². The first-order valence-corrected chi connectivity index (χ1v) is 11.2. The van der Waals surface area contributed by atoms with Gasteiger partial charge in [0.05, 0.1) is 38.1 Å². The van der Waals surface area contributed by atoms with Gasteiger partial charge in [0.15, 0.2) is 5.82 Å². The molecular weight excluding hydrogens is 430 g/mol. The summed E-state index contributed by atoms with van der Waals surface area (Å²) in [6.07, 6.45) is 1.98. The van der Waals surface area contributed by atoms with Crippen LogP contribution in [-0.4, -0.2) is 55.3 Å². The Labute approximate surface area is 191 Å². The second-order valence-corrected chi connectivity index (χ2v) is 8.66. The molecule has 0 saturated heterocycles. The van der Waals surface area contributed by atoms with Gasteiger partial charge in [0.25, 0.3) is 5.91 Å². The van der Waals surface area contributed by atoms with Crippen LogP contribution in [0.15, 0.2) is 18.2 Å². The Hall–Kier alpha value is -2.91. The molecule has 4 rings (SSSR count). The molecule has 0 atom stereocenters. The number of hydrogen-bond acceptors (Lipinski definition) is 8. The minimum atomic E-state index is -0.0202. The number of rotatable bonds is 9. The molecule has 2 heterocycles. The van der Waals surface area contributed by atoms with Crippen LogP contribution in [-0.2, 0) is 17.9 Å². The minimum Gasteiger partial charge on any atom is -0.497 e. The fourth-order valence-corrected chi connectivity index (χ4v) is 4.91. The Morgan fingerprint density at radius 3 is 2.53 bits per heavy atom. The average molecular weight is 458 g/mol. The number of benzene rings is 1. The molecule has 1 aliphatic carbocycles. The fraction of sp³-hybridized carbons (Fsp3) is 0.435. The number of aryl methyl sites for hydroxylation is 1. The zero-order chi connectivity index (χ0) is 22.8. The van der Waals surface area contributed by atoms with Gasteiger partial charge in [0.2, 0.25) is 5.88 Å². The number of aromatic nitrogens is 2. The maximum atomic E-state index is 13.7. The highest BCUT2D eigenvalue weighted by atomic mass is 32.1. The van der Waals surface area contributed by atoms with Crippen LogP contribution in [0.2, 0.25) is 0 Å². The maximum absolute atomic E-state index is 13.7. The molecule has 1 fully saturated rings. The summed E-state index contributed by atoms with van der Waals surface area (Å²) in [6.45, 7) is 2.64. The lowest BCUT2D eigenvalue weighted by Gasteiger charge is -2.23. The summed E-state index contributed by atoms with van der Waals surface area (Å²) in [5, 5.41) is 0.774. The van der Waals surface area contributed by atoms with Crippen molar-refractivity contribution >= 4 is 27.5 Å². The minimum absolute atomic E-state index is 0.0202. The van der Waals surface area contributed by atoms with E-state index < -0.39 is 0 Å². The molecule has 0 bridgehead atoms. The fourth-order valence-electron chi connectivity index (χ4n) is 3.76. The van der Waals surface area contributed by atoms with Crippen molar-refractivity contribution in [1.82, 2.24) is 14.9 Å². The molecule has 9 heteroatoms. The molecular formula is C23H27N3O5S. The SMILES string of the molecule is COCc1nc(OC)c2c(C)c(C(=O)N(Cc3cc(OC)ccc3OC)C3CC3)sc2n1. The topological polar surface area (TPSA) is 83.0 Å². The second-order valence-electron chi connectivity index (χ2n) is 7.66. The van der Waals surface area contributed by atoms with Crippen molar-refractivity contribution in [2.24, 2.45) is 0 Å². The summed E-state index contributed by atoms with van der Waals surface area (Å²) in [7, 11) is 6.42. The van der Waals surface area contributed by atoms with Crippen LogP contribution in [0.5, 0.6) is 17.4 Å². The van der Waals surface area contributed by atoms with E-state index in [1.54, 1.807) is 28.4 Å². The zero-order valence-corrected chi connectivity index (χ0v) is 19.7. The first kappa shape index (κ1) is 22.3. The monoisotopic (exact) mass is 457 g/mol. The number of methoxy groups -OCH3 is 4. The number of amides is 1. The van der Waals surface area contributed by atoms with Gasteiger partial charge in [0, 0.05) is 18.7 Å². The number of thiophene rings is 1. The van der Waals surface area contributed by atoms with Gasteiger partial charge in [-0.05, 0) is 43.5 Å². The average Bonchev–Trinajstić information content (AvgIpc) is 3.59. The van der Waals surface area contributed by atoms with E-state index in [2.05, 4.69) is 9.97 Å². The molecule has 1 aromatic carbocycles. The van der Waals surface area contributed by atoms with Gasteiger partial charge in [-0.15, -0.1) is 11.3 Å². The molecule has 170 valence electrons. The van der Waals surface area contributed by atoms with E-state index in [1.165, 1.54) is 11.3 Å². The highest BCUT2D eigenvalue weighted by Crippen LogP contribution is 2.39. The third-order valence-corrected chi connectivity index (χ3v) is 6.71. The van der Waals surface area contributed by atoms with E-state index >= 15 is 0 Å². The Balaban J connectivity index is 1.72. The van der Waals surface area contributed by atoms with Gasteiger partial charge in [-0.3, -0.25) is 4.79 Å². The molecule has 0 N–H and O–H groups in total. The lowest BCUT2D eigenvalue weighted by atomic mass is 10.1. The highest BCUT2D eigenvalue weighted by Gasteiger charge is 2.35. The van der Waals surface area contributed by atoms with Crippen LogP contribution in [0.4, 0.5) is 0 Å². The van der Waals surface area contributed by atoms with E-state index in [9.17, 15) is 4.79 Å². The summed E-state index contributed by atoms with van der Waals surface area (Å²) in [6, 6.07) is 5.85. The standard InChI is InChI=1S/C23H27N3O5S/c1-13-19-21(31-5)24-18(12-28-2)25-22(19)32-20(13)23(27)26(15-6-7-15)11-14-10-16(29-3)8-9-17(14)30-4/h8-10,15H,6-7,11-12H2,1-5H3. The van der Waals surface area contributed by atoms with Gasteiger partial charge in [-0.2, -0.15) is 4.98 Å². The lowest BCUT2D eigenvalue weighted by Crippen LogP contribution is -2.32. The van der Waals surface area contributed by atoms with Crippen molar-refractivity contribution in [1.29, 1.82) is 0 Å². The second kappa shape index (κ2) is 9.30. The van der Waals surface area contributed by atoms with Crippen molar-refractivity contribution < 1.29 is 23.7 Å². The summed E-state index contributed by atoms with van der Waals surface area (Å²) in [5.74, 6) is 2.43. The number of hydrogen-bond donors (Lipinski definition) is 0. The van der Waals surface area contributed by atoms with Crippen LogP contribution in [0.3, 0.4) is 0 Å². The van der Waals surface area contributed by atoms with Gasteiger partial charge in [-0.25, -0.2) is 4.98 Å². The summed E-state index contributed by atoms with van der Waals surface area (Å²) in [4.78, 5) is 26.1. The first-order chi connectivity index (χ1) is 15.5. The Bertz CT molecular complexity index is 1140. The van der Waals surface area contributed by atoms with Gasteiger partial charge in [-0.1, -0.05) is 0 Å². The summed E-state index contributed by atoms with van der Waals surface area (Å²) < 4.78 is 21.6. The van der Waals surface area contributed by atoms with E-state index in [1.807, 2.05) is 30.0 Å². The number of carbonyl (C=O) groups is 1. The Morgan fingerprint density at radius 2 is 1.91 bits per heavy atom.